The fourth-order valence-electron chi connectivity index (χ4n) is 1.11. The van der Waals surface area contributed by atoms with Gasteiger partial charge in [-0.25, -0.2) is 4.79 Å². The summed E-state index contributed by atoms with van der Waals surface area (Å²) in [5.41, 5.74) is -2.71. The minimum absolute atomic E-state index is 0.493. The van der Waals surface area contributed by atoms with Crippen LogP contribution < -0.4 is 4.74 Å². The predicted molar refractivity (Wildman–Crippen MR) is 53.8 cm³/mol. The van der Waals surface area contributed by atoms with Crippen LogP contribution in [-0.4, -0.2) is 16.7 Å². The number of carboxylic acid groups (broad SMARTS) is 1. The highest BCUT2D eigenvalue weighted by molar-refractivity contribution is 5.76. The van der Waals surface area contributed by atoms with Crippen LogP contribution in [0.5, 0.6) is 5.75 Å². The number of alkyl halides is 3. The molecular weight excluding hydrogens is 237 g/mol. The summed E-state index contributed by atoms with van der Waals surface area (Å²) in [6.45, 7) is 2.37. The monoisotopic (exact) mass is 248 g/mol. The zero-order valence-corrected chi connectivity index (χ0v) is 9.21. The van der Waals surface area contributed by atoms with Gasteiger partial charge in [0.25, 0.3) is 0 Å². The number of halogens is 3. The van der Waals surface area contributed by atoms with Crippen molar-refractivity contribution >= 4 is 5.97 Å². The zero-order chi connectivity index (χ0) is 13.3. The predicted octanol–water partition coefficient (Wildman–Crippen LogP) is 2.95. The summed E-state index contributed by atoms with van der Waals surface area (Å²) in [7, 11) is 0. The molecule has 0 atom stereocenters. The lowest BCUT2D eigenvalue weighted by molar-refractivity contribution is -0.155. The molecule has 0 amide bonds. The first-order valence-electron chi connectivity index (χ1n) is 4.73. The van der Waals surface area contributed by atoms with E-state index in [1.54, 1.807) is 0 Å². The summed E-state index contributed by atoms with van der Waals surface area (Å²) < 4.78 is 42.7. The molecule has 0 fully saturated rings. The maximum atomic E-state index is 12.6. The third-order valence-corrected chi connectivity index (χ3v) is 2.07. The molecule has 0 aromatic heterocycles. The van der Waals surface area contributed by atoms with Gasteiger partial charge >= 0.3 is 12.1 Å². The van der Waals surface area contributed by atoms with E-state index in [-0.39, 0.29) is 0 Å². The van der Waals surface area contributed by atoms with Crippen LogP contribution in [0.1, 0.15) is 19.4 Å². The van der Waals surface area contributed by atoms with Crippen molar-refractivity contribution < 1.29 is 27.8 Å². The zero-order valence-electron chi connectivity index (χ0n) is 9.21. The lowest BCUT2D eigenvalue weighted by atomic mass is 10.1. The van der Waals surface area contributed by atoms with E-state index in [1.807, 2.05) is 0 Å². The number of rotatable bonds is 3. The molecule has 1 aromatic carbocycles. The van der Waals surface area contributed by atoms with Crippen LogP contribution in [0.4, 0.5) is 13.2 Å². The minimum atomic E-state index is -4.58. The Morgan fingerprint density at radius 1 is 1.24 bits per heavy atom. The maximum absolute atomic E-state index is 12.6. The van der Waals surface area contributed by atoms with Gasteiger partial charge < -0.3 is 9.84 Å². The van der Waals surface area contributed by atoms with Crippen molar-refractivity contribution in [2.45, 2.75) is 25.6 Å². The highest BCUT2D eigenvalue weighted by Gasteiger charge is 2.37. The van der Waals surface area contributed by atoms with Crippen LogP contribution in [0, 0.1) is 0 Å². The molecule has 1 N–H and O–H groups in total. The average Bonchev–Trinajstić information content (AvgIpc) is 2.15. The third-order valence-electron chi connectivity index (χ3n) is 2.07. The van der Waals surface area contributed by atoms with E-state index in [2.05, 4.69) is 0 Å². The Labute approximate surface area is 95.8 Å². The van der Waals surface area contributed by atoms with E-state index >= 15 is 0 Å². The second-order valence-corrected chi connectivity index (χ2v) is 3.91. The number of carboxylic acids is 1. The quantitative estimate of drug-likeness (QED) is 0.894. The number of ether oxygens (including phenoxy) is 1. The Bertz CT molecular complexity index is 424. The molecule has 1 rings (SSSR count). The van der Waals surface area contributed by atoms with Crippen LogP contribution in [-0.2, 0) is 11.0 Å². The molecule has 17 heavy (non-hydrogen) atoms. The Morgan fingerprint density at radius 3 is 2.24 bits per heavy atom. The van der Waals surface area contributed by atoms with Crippen LogP contribution in [0.3, 0.4) is 0 Å². The van der Waals surface area contributed by atoms with Gasteiger partial charge in [-0.05, 0) is 26.0 Å². The molecule has 6 heteroatoms. The van der Waals surface area contributed by atoms with Crippen molar-refractivity contribution in [3.05, 3.63) is 29.8 Å². The van der Waals surface area contributed by atoms with Gasteiger partial charge in [0.15, 0.2) is 5.60 Å². The number of hydrogen-bond acceptors (Lipinski definition) is 2. The van der Waals surface area contributed by atoms with Gasteiger partial charge in [0.2, 0.25) is 0 Å². The smallest absolute Gasteiger partial charge is 0.419 e. The van der Waals surface area contributed by atoms with Crippen LogP contribution in [0.2, 0.25) is 0 Å². The molecule has 0 radical (unpaired) electrons. The third kappa shape index (κ3) is 3.12. The summed E-state index contributed by atoms with van der Waals surface area (Å²) in [5, 5.41) is 8.79. The van der Waals surface area contributed by atoms with E-state index in [4.69, 9.17) is 9.84 Å². The molecule has 0 bridgehead atoms. The first kappa shape index (κ1) is 13.3. The van der Waals surface area contributed by atoms with E-state index in [0.717, 1.165) is 12.1 Å². The van der Waals surface area contributed by atoms with E-state index in [1.165, 1.54) is 26.0 Å². The van der Waals surface area contributed by atoms with E-state index in [0.29, 0.717) is 0 Å². The largest absolute Gasteiger partial charge is 0.478 e. The van der Waals surface area contributed by atoms with Crippen molar-refractivity contribution in [1.29, 1.82) is 0 Å². The normalized spacial score (nSPS) is 12.3. The van der Waals surface area contributed by atoms with Crippen molar-refractivity contribution in [1.82, 2.24) is 0 Å². The fourth-order valence-corrected chi connectivity index (χ4v) is 1.11. The summed E-state index contributed by atoms with van der Waals surface area (Å²) in [5.74, 6) is -1.83. The Morgan fingerprint density at radius 2 is 1.76 bits per heavy atom. The van der Waals surface area contributed by atoms with Gasteiger partial charge in [-0.3, -0.25) is 0 Å². The van der Waals surface area contributed by atoms with Gasteiger partial charge in [0.1, 0.15) is 5.75 Å². The van der Waals surface area contributed by atoms with Gasteiger partial charge in [-0.15, -0.1) is 0 Å². The number of para-hydroxylation sites is 1. The molecule has 0 spiro atoms. The van der Waals surface area contributed by atoms with Crippen molar-refractivity contribution in [2.75, 3.05) is 0 Å². The second-order valence-electron chi connectivity index (χ2n) is 3.91. The fraction of sp³-hybridized carbons (Fsp3) is 0.364. The summed E-state index contributed by atoms with van der Waals surface area (Å²) in [4.78, 5) is 10.8. The van der Waals surface area contributed by atoms with Crippen LogP contribution >= 0.6 is 0 Å². The SMILES string of the molecule is CC(C)(Oc1ccccc1C(F)(F)F)C(=O)O. The molecule has 0 saturated carbocycles. The molecule has 1 aromatic rings. The standard InChI is InChI=1S/C11H11F3O3/c1-10(2,9(15)16)17-8-6-4-3-5-7(8)11(12,13)14/h3-6H,1-2H3,(H,15,16). The molecule has 94 valence electrons. The molecule has 3 nitrogen and oxygen atoms in total. The Hall–Kier alpha value is -1.72. The molecule has 0 saturated heterocycles. The highest BCUT2D eigenvalue weighted by atomic mass is 19.4. The molecule has 0 aliphatic carbocycles. The lowest BCUT2D eigenvalue weighted by Crippen LogP contribution is -2.38. The topological polar surface area (TPSA) is 46.5 Å². The lowest BCUT2D eigenvalue weighted by Gasteiger charge is -2.23. The van der Waals surface area contributed by atoms with E-state index < -0.39 is 29.1 Å². The maximum Gasteiger partial charge on any atom is 0.419 e. The van der Waals surface area contributed by atoms with Crippen molar-refractivity contribution in [3.63, 3.8) is 0 Å². The number of benzene rings is 1. The Kier molecular flexibility index (Phi) is 3.35. The van der Waals surface area contributed by atoms with Crippen molar-refractivity contribution in [2.24, 2.45) is 0 Å². The average molecular weight is 248 g/mol. The molecule has 0 heterocycles. The first-order chi connectivity index (χ1) is 7.64. The summed E-state index contributed by atoms with van der Waals surface area (Å²) in [6.07, 6.45) is -4.58. The number of carbonyl (C=O) groups is 1. The molecule has 0 aliphatic rings. The second kappa shape index (κ2) is 4.27. The van der Waals surface area contributed by atoms with Gasteiger partial charge in [-0.2, -0.15) is 13.2 Å². The highest BCUT2D eigenvalue weighted by Crippen LogP contribution is 2.37. The Balaban J connectivity index is 3.12. The van der Waals surface area contributed by atoms with Gasteiger partial charge in [-0.1, -0.05) is 12.1 Å². The summed E-state index contributed by atoms with van der Waals surface area (Å²) >= 11 is 0. The van der Waals surface area contributed by atoms with Gasteiger partial charge in [0.05, 0.1) is 5.56 Å². The molecular formula is C11H11F3O3. The number of hydrogen-bond donors (Lipinski definition) is 1. The molecule has 0 unspecified atom stereocenters. The van der Waals surface area contributed by atoms with Crippen LogP contribution in [0.15, 0.2) is 24.3 Å². The molecule has 0 aliphatic heterocycles. The van der Waals surface area contributed by atoms with Gasteiger partial charge in [0, 0.05) is 0 Å². The van der Waals surface area contributed by atoms with Crippen molar-refractivity contribution in [3.8, 4) is 5.75 Å². The van der Waals surface area contributed by atoms with Crippen LogP contribution in [0.25, 0.3) is 0 Å². The first-order valence-corrected chi connectivity index (χ1v) is 4.73. The minimum Gasteiger partial charge on any atom is -0.478 e. The van der Waals surface area contributed by atoms with E-state index in [9.17, 15) is 18.0 Å². The number of aliphatic carboxylic acids is 1. The summed E-state index contributed by atoms with van der Waals surface area (Å²) in [6, 6.07) is 4.49.